The molecular formula is C31H47NO4. The molecule has 0 amide bonds. The van der Waals surface area contributed by atoms with Gasteiger partial charge < -0.3 is 18.8 Å². The molecule has 0 aliphatic heterocycles. The molecule has 0 fully saturated rings. The average molecular weight is 498 g/mol. The van der Waals surface area contributed by atoms with Gasteiger partial charge in [-0.1, -0.05) is 57.3 Å². The van der Waals surface area contributed by atoms with Crippen molar-refractivity contribution in [1.29, 1.82) is 0 Å². The summed E-state index contributed by atoms with van der Waals surface area (Å²) in [5, 5.41) is 0.897. The number of allylic oxidation sites excluding steroid dienone is 3. The lowest BCUT2D eigenvalue weighted by molar-refractivity contribution is 0.259. The third-order valence-electron chi connectivity index (χ3n) is 6.15. The smallest absolute Gasteiger partial charge is 0.297 e. The van der Waals surface area contributed by atoms with Crippen molar-refractivity contribution >= 4 is 10.9 Å². The number of unbranched alkanes of at least 4 members (excludes halogenated alkanes) is 3. The number of hydrogen-bond acceptors (Lipinski definition) is 4. The van der Waals surface area contributed by atoms with E-state index >= 15 is 0 Å². The maximum atomic E-state index is 13.6. The minimum Gasteiger partial charge on any atom is -0.489 e. The summed E-state index contributed by atoms with van der Waals surface area (Å²) >= 11 is 0. The van der Waals surface area contributed by atoms with Gasteiger partial charge in [0.1, 0.15) is 12.4 Å². The molecule has 1 aromatic heterocycles. The van der Waals surface area contributed by atoms with E-state index in [2.05, 4.69) is 53.7 Å². The molecule has 0 bridgehead atoms. The summed E-state index contributed by atoms with van der Waals surface area (Å²) in [6, 6.07) is 5.94. The highest BCUT2D eigenvalue weighted by Crippen LogP contribution is 2.35. The van der Waals surface area contributed by atoms with Crippen molar-refractivity contribution in [3.8, 4) is 17.2 Å². The topological polar surface area (TPSA) is 49.7 Å². The van der Waals surface area contributed by atoms with Crippen LogP contribution in [0.1, 0.15) is 92.9 Å². The second-order valence-electron chi connectivity index (χ2n) is 9.73. The van der Waals surface area contributed by atoms with Crippen molar-refractivity contribution in [2.75, 3.05) is 19.8 Å². The molecule has 5 nitrogen and oxygen atoms in total. The maximum Gasteiger partial charge on any atom is 0.297 e. The van der Waals surface area contributed by atoms with E-state index in [9.17, 15) is 4.79 Å². The first-order valence-corrected chi connectivity index (χ1v) is 13.8. The number of hydrogen-bond donors (Lipinski definition) is 0. The van der Waals surface area contributed by atoms with E-state index < -0.39 is 0 Å². The quantitative estimate of drug-likeness (QED) is 0.163. The highest BCUT2D eigenvalue weighted by molar-refractivity contribution is 5.89. The fraction of sp³-hybridized carbons (Fsp3) is 0.581. The Kier molecular flexibility index (Phi) is 13.2. The van der Waals surface area contributed by atoms with Crippen LogP contribution in [-0.4, -0.2) is 24.4 Å². The highest BCUT2D eigenvalue weighted by atomic mass is 16.5. The third-order valence-corrected chi connectivity index (χ3v) is 6.15. The number of nitrogens with zero attached hydrogens (tertiary/aromatic N) is 1. The molecule has 0 spiro atoms. The van der Waals surface area contributed by atoms with E-state index in [1.807, 2.05) is 22.8 Å². The van der Waals surface area contributed by atoms with Gasteiger partial charge in [0.25, 0.3) is 5.56 Å². The van der Waals surface area contributed by atoms with Crippen LogP contribution in [-0.2, 0) is 6.54 Å². The van der Waals surface area contributed by atoms with E-state index in [1.165, 1.54) is 11.1 Å². The maximum absolute atomic E-state index is 13.6. The SMILES string of the molecule is CCCCOc1c(OCCCC)c2ccc(OC/C=C(\C)CCC=C(C)C)cc2n(CCCC)c1=O. The molecule has 0 atom stereocenters. The van der Waals surface area contributed by atoms with Gasteiger partial charge in [-0.2, -0.15) is 0 Å². The Hall–Kier alpha value is -2.69. The lowest BCUT2D eigenvalue weighted by Gasteiger charge is -2.19. The predicted octanol–water partition coefficient (Wildman–Crippen LogP) is 8.23. The minimum atomic E-state index is -0.120. The number of aromatic nitrogens is 1. The summed E-state index contributed by atoms with van der Waals surface area (Å²) in [6.07, 6.45) is 12.2. The second-order valence-corrected chi connectivity index (χ2v) is 9.73. The molecule has 0 radical (unpaired) electrons. The van der Waals surface area contributed by atoms with Gasteiger partial charge in [-0.3, -0.25) is 4.79 Å². The van der Waals surface area contributed by atoms with Crippen molar-refractivity contribution in [2.45, 2.75) is 99.5 Å². The molecular weight excluding hydrogens is 450 g/mol. The van der Waals surface area contributed by atoms with Gasteiger partial charge in [0, 0.05) is 18.0 Å². The van der Waals surface area contributed by atoms with Gasteiger partial charge in [0.15, 0.2) is 5.75 Å². The second kappa shape index (κ2) is 16.1. The Morgan fingerprint density at radius 3 is 2.17 bits per heavy atom. The average Bonchev–Trinajstić information content (AvgIpc) is 2.85. The van der Waals surface area contributed by atoms with Crippen LogP contribution in [0.2, 0.25) is 0 Å². The summed E-state index contributed by atoms with van der Waals surface area (Å²) in [5.41, 5.74) is 3.38. The minimum absolute atomic E-state index is 0.120. The van der Waals surface area contributed by atoms with Crippen LogP contribution in [0.25, 0.3) is 10.9 Å². The Morgan fingerprint density at radius 1 is 0.861 bits per heavy atom. The van der Waals surface area contributed by atoms with Crippen molar-refractivity contribution in [3.05, 3.63) is 51.9 Å². The molecule has 1 aromatic carbocycles. The van der Waals surface area contributed by atoms with Crippen LogP contribution in [0.5, 0.6) is 17.2 Å². The molecule has 0 aliphatic rings. The molecule has 0 saturated heterocycles. The summed E-state index contributed by atoms with van der Waals surface area (Å²) in [5.74, 6) is 1.65. The lowest BCUT2D eigenvalue weighted by atomic mass is 10.1. The highest BCUT2D eigenvalue weighted by Gasteiger charge is 2.20. The lowest BCUT2D eigenvalue weighted by Crippen LogP contribution is -2.24. The predicted molar refractivity (Wildman–Crippen MR) is 152 cm³/mol. The number of pyridine rings is 1. The molecule has 0 unspecified atom stereocenters. The first-order chi connectivity index (χ1) is 17.4. The number of benzene rings is 1. The van der Waals surface area contributed by atoms with Crippen LogP contribution < -0.4 is 19.8 Å². The van der Waals surface area contributed by atoms with Gasteiger partial charge in [-0.05, 0) is 71.1 Å². The molecule has 36 heavy (non-hydrogen) atoms. The van der Waals surface area contributed by atoms with Gasteiger partial charge in [0.05, 0.1) is 18.7 Å². The van der Waals surface area contributed by atoms with Crippen LogP contribution in [0.4, 0.5) is 0 Å². The molecule has 5 heteroatoms. The number of aryl methyl sites for hydroxylation is 1. The standard InChI is InChI=1S/C31H47NO4/c1-7-10-19-32-28-23-26(34-22-18-25(6)15-13-14-24(4)5)16-17-27(28)29(35-20-11-8-2)30(31(32)33)36-21-12-9-3/h14,16-18,23H,7-13,15,19-22H2,1-6H3/b25-18+. The zero-order valence-electron chi connectivity index (χ0n) is 23.5. The van der Waals surface area contributed by atoms with E-state index in [-0.39, 0.29) is 5.56 Å². The van der Waals surface area contributed by atoms with Gasteiger partial charge in [-0.15, -0.1) is 0 Å². The van der Waals surface area contributed by atoms with Crippen molar-refractivity contribution < 1.29 is 14.2 Å². The Bertz CT molecular complexity index is 1060. The molecule has 1 heterocycles. The number of fused-ring (bicyclic) bond motifs is 1. The summed E-state index contributed by atoms with van der Waals surface area (Å²) in [4.78, 5) is 13.6. The van der Waals surface area contributed by atoms with Crippen molar-refractivity contribution in [2.24, 2.45) is 0 Å². The fourth-order valence-electron chi connectivity index (χ4n) is 3.88. The van der Waals surface area contributed by atoms with Crippen LogP contribution in [0, 0.1) is 0 Å². The van der Waals surface area contributed by atoms with Crippen molar-refractivity contribution in [1.82, 2.24) is 4.57 Å². The van der Waals surface area contributed by atoms with Crippen LogP contribution >= 0.6 is 0 Å². The van der Waals surface area contributed by atoms with Crippen molar-refractivity contribution in [3.63, 3.8) is 0 Å². The zero-order chi connectivity index (χ0) is 26.3. The van der Waals surface area contributed by atoms with E-state index in [0.29, 0.717) is 37.9 Å². The van der Waals surface area contributed by atoms with Gasteiger partial charge in [0.2, 0.25) is 5.75 Å². The van der Waals surface area contributed by atoms with E-state index in [4.69, 9.17) is 14.2 Å². The first kappa shape index (κ1) is 29.5. The van der Waals surface area contributed by atoms with Crippen LogP contribution in [0.15, 0.2) is 46.3 Å². The molecule has 2 rings (SSSR count). The monoisotopic (exact) mass is 497 g/mol. The Balaban J connectivity index is 2.41. The van der Waals surface area contributed by atoms with Crippen LogP contribution in [0.3, 0.4) is 0 Å². The summed E-state index contributed by atoms with van der Waals surface area (Å²) in [6.45, 7) is 15.0. The Labute approximate surface area is 218 Å². The zero-order valence-corrected chi connectivity index (χ0v) is 23.5. The third kappa shape index (κ3) is 9.07. The molecule has 0 N–H and O–H groups in total. The number of ether oxygens (including phenoxy) is 3. The molecule has 200 valence electrons. The molecule has 2 aromatic rings. The largest absolute Gasteiger partial charge is 0.489 e. The molecule has 0 saturated carbocycles. The van der Waals surface area contributed by atoms with Gasteiger partial charge in [-0.25, -0.2) is 0 Å². The number of rotatable bonds is 17. The first-order valence-electron chi connectivity index (χ1n) is 13.8. The van der Waals surface area contributed by atoms with E-state index in [0.717, 1.165) is 68.0 Å². The van der Waals surface area contributed by atoms with E-state index in [1.54, 1.807) is 0 Å². The Morgan fingerprint density at radius 2 is 1.53 bits per heavy atom. The fourth-order valence-corrected chi connectivity index (χ4v) is 3.88. The normalized spacial score (nSPS) is 11.6. The summed E-state index contributed by atoms with van der Waals surface area (Å²) < 4.78 is 20.1. The summed E-state index contributed by atoms with van der Waals surface area (Å²) in [7, 11) is 0. The molecule has 0 aliphatic carbocycles. The van der Waals surface area contributed by atoms with Gasteiger partial charge >= 0.3 is 0 Å².